The second-order valence-electron chi connectivity index (χ2n) is 3.99. The summed E-state index contributed by atoms with van der Waals surface area (Å²) < 4.78 is 0. The summed E-state index contributed by atoms with van der Waals surface area (Å²) in [5.74, 6) is 0. The molecule has 0 saturated carbocycles. The van der Waals surface area contributed by atoms with Gasteiger partial charge in [-0.15, -0.1) is 0 Å². The molecule has 0 aliphatic carbocycles. The fraction of sp³-hybridized carbons (Fsp3) is 0.308. The van der Waals surface area contributed by atoms with Crippen molar-refractivity contribution in [2.45, 2.75) is 19.6 Å². The van der Waals surface area contributed by atoms with Crippen molar-refractivity contribution in [1.82, 2.24) is 10.3 Å². The Morgan fingerprint density at radius 2 is 2.25 bits per heavy atom. The third-order valence-corrected chi connectivity index (χ3v) is 2.53. The zero-order valence-electron chi connectivity index (χ0n) is 9.35. The van der Waals surface area contributed by atoms with Gasteiger partial charge in [0.2, 0.25) is 0 Å². The van der Waals surface area contributed by atoms with Gasteiger partial charge in [0.15, 0.2) is 0 Å². The number of aliphatic hydroxyl groups is 1. The summed E-state index contributed by atoms with van der Waals surface area (Å²) in [6.07, 6.45) is 3.37. The first-order chi connectivity index (χ1) is 7.77. The van der Waals surface area contributed by atoms with Crippen LogP contribution < -0.4 is 5.32 Å². The van der Waals surface area contributed by atoms with Crippen LogP contribution in [-0.4, -0.2) is 22.7 Å². The molecule has 1 atom stereocenters. The number of hydrogen-bond donors (Lipinski definition) is 2. The lowest BCUT2D eigenvalue weighted by Crippen LogP contribution is -2.23. The molecule has 0 radical (unpaired) electrons. The van der Waals surface area contributed by atoms with Gasteiger partial charge < -0.3 is 10.4 Å². The van der Waals surface area contributed by atoms with E-state index in [-0.39, 0.29) is 6.10 Å². The lowest BCUT2D eigenvalue weighted by molar-refractivity contribution is 0.191. The highest BCUT2D eigenvalue weighted by Gasteiger charge is 2.00. The molecule has 0 amide bonds. The summed E-state index contributed by atoms with van der Waals surface area (Å²) in [6, 6.07) is 8.20. The van der Waals surface area contributed by atoms with Gasteiger partial charge in [-0.25, -0.2) is 0 Å². The summed E-state index contributed by atoms with van der Waals surface area (Å²) in [5, 5.41) is 14.8. The maximum atomic E-state index is 9.17. The Labute approximate surface area is 95.1 Å². The smallest absolute Gasteiger partial charge is 0.0636 e. The quantitative estimate of drug-likeness (QED) is 0.817. The number of aliphatic hydroxyl groups excluding tert-OH is 1. The van der Waals surface area contributed by atoms with E-state index in [1.165, 1.54) is 10.9 Å². The second kappa shape index (κ2) is 5.05. The number of fused-ring (bicyclic) bond motifs is 1. The van der Waals surface area contributed by atoms with Gasteiger partial charge in [-0.2, -0.15) is 0 Å². The number of hydrogen-bond acceptors (Lipinski definition) is 3. The normalized spacial score (nSPS) is 12.9. The summed E-state index contributed by atoms with van der Waals surface area (Å²) >= 11 is 0. The number of nitrogens with zero attached hydrogens (tertiary/aromatic N) is 1. The minimum absolute atomic E-state index is 0.309. The van der Waals surface area contributed by atoms with Crippen LogP contribution in [0.25, 0.3) is 10.8 Å². The lowest BCUT2D eigenvalue weighted by Gasteiger charge is -2.09. The number of rotatable bonds is 4. The maximum Gasteiger partial charge on any atom is 0.0636 e. The van der Waals surface area contributed by atoms with E-state index in [1.807, 2.05) is 18.3 Å². The van der Waals surface area contributed by atoms with Crippen molar-refractivity contribution in [1.29, 1.82) is 0 Å². The fourth-order valence-corrected chi connectivity index (χ4v) is 1.76. The highest BCUT2D eigenvalue weighted by atomic mass is 16.3. The van der Waals surface area contributed by atoms with Crippen LogP contribution in [-0.2, 0) is 6.54 Å². The Morgan fingerprint density at radius 1 is 1.38 bits per heavy atom. The van der Waals surface area contributed by atoms with E-state index in [2.05, 4.69) is 22.4 Å². The van der Waals surface area contributed by atoms with Gasteiger partial charge in [0.1, 0.15) is 0 Å². The zero-order valence-corrected chi connectivity index (χ0v) is 9.35. The monoisotopic (exact) mass is 216 g/mol. The molecule has 2 rings (SSSR count). The van der Waals surface area contributed by atoms with Crippen molar-refractivity contribution >= 4 is 10.8 Å². The van der Waals surface area contributed by atoms with Crippen LogP contribution in [0, 0.1) is 0 Å². The fourth-order valence-electron chi connectivity index (χ4n) is 1.76. The molecule has 1 unspecified atom stereocenters. The first-order valence-electron chi connectivity index (χ1n) is 5.48. The molecular weight excluding hydrogens is 200 g/mol. The first kappa shape index (κ1) is 11.0. The van der Waals surface area contributed by atoms with Crippen molar-refractivity contribution in [3.63, 3.8) is 0 Å². The molecule has 0 spiro atoms. The Kier molecular flexibility index (Phi) is 3.49. The minimum atomic E-state index is -0.309. The van der Waals surface area contributed by atoms with Crippen LogP contribution in [0.3, 0.4) is 0 Å². The predicted octanol–water partition coefficient (Wildman–Crippen LogP) is 1.71. The minimum Gasteiger partial charge on any atom is -0.392 e. The average Bonchev–Trinajstić information content (AvgIpc) is 2.29. The van der Waals surface area contributed by atoms with E-state index < -0.39 is 0 Å². The van der Waals surface area contributed by atoms with Crippen molar-refractivity contribution in [2.75, 3.05) is 6.54 Å². The van der Waals surface area contributed by atoms with Crippen LogP contribution in [0.5, 0.6) is 0 Å². The molecule has 0 aliphatic rings. The van der Waals surface area contributed by atoms with Gasteiger partial charge in [-0.1, -0.05) is 18.2 Å². The molecule has 84 valence electrons. The number of benzene rings is 1. The Bertz CT molecular complexity index is 463. The molecule has 0 saturated heterocycles. The van der Waals surface area contributed by atoms with Crippen LogP contribution in [0.4, 0.5) is 0 Å². The summed E-state index contributed by atoms with van der Waals surface area (Å²) in [5.41, 5.74) is 1.24. The molecule has 0 fully saturated rings. The molecule has 3 nitrogen and oxygen atoms in total. The molecule has 0 aliphatic heterocycles. The molecule has 3 heteroatoms. The maximum absolute atomic E-state index is 9.17. The molecule has 16 heavy (non-hydrogen) atoms. The third-order valence-electron chi connectivity index (χ3n) is 2.53. The highest BCUT2D eigenvalue weighted by Crippen LogP contribution is 2.16. The molecule has 2 N–H and O–H groups in total. The van der Waals surface area contributed by atoms with Crippen LogP contribution in [0.1, 0.15) is 12.5 Å². The topological polar surface area (TPSA) is 45.1 Å². The van der Waals surface area contributed by atoms with Gasteiger partial charge in [-0.05, 0) is 23.9 Å². The van der Waals surface area contributed by atoms with Crippen LogP contribution >= 0.6 is 0 Å². The number of nitrogens with one attached hydrogen (secondary N) is 1. The van der Waals surface area contributed by atoms with Crippen LogP contribution in [0.15, 0.2) is 36.7 Å². The molecule has 0 bridgehead atoms. The number of aromatic nitrogens is 1. The Morgan fingerprint density at radius 3 is 3.06 bits per heavy atom. The molecule has 1 aromatic heterocycles. The standard InChI is InChI=1S/C13H16N2O/c1-10(16)7-15-9-12-4-2-3-11-8-14-6-5-13(11)12/h2-6,8,10,15-16H,7,9H2,1H3. The van der Waals surface area contributed by atoms with Crippen molar-refractivity contribution in [3.8, 4) is 0 Å². The summed E-state index contributed by atoms with van der Waals surface area (Å²) in [4.78, 5) is 4.10. The van der Waals surface area contributed by atoms with E-state index >= 15 is 0 Å². The van der Waals surface area contributed by atoms with E-state index in [0.717, 1.165) is 11.9 Å². The largest absolute Gasteiger partial charge is 0.392 e. The van der Waals surface area contributed by atoms with Crippen LogP contribution in [0.2, 0.25) is 0 Å². The van der Waals surface area contributed by atoms with E-state index in [1.54, 1.807) is 13.1 Å². The van der Waals surface area contributed by atoms with E-state index in [0.29, 0.717) is 6.54 Å². The van der Waals surface area contributed by atoms with Crippen molar-refractivity contribution in [3.05, 3.63) is 42.2 Å². The highest BCUT2D eigenvalue weighted by molar-refractivity contribution is 5.84. The second-order valence-corrected chi connectivity index (χ2v) is 3.99. The van der Waals surface area contributed by atoms with Crippen molar-refractivity contribution < 1.29 is 5.11 Å². The van der Waals surface area contributed by atoms with E-state index in [9.17, 15) is 5.11 Å². The Balaban J connectivity index is 2.17. The SMILES string of the molecule is CC(O)CNCc1cccc2cnccc12. The molecule has 1 heterocycles. The van der Waals surface area contributed by atoms with Gasteiger partial charge >= 0.3 is 0 Å². The van der Waals surface area contributed by atoms with Gasteiger partial charge in [0.25, 0.3) is 0 Å². The zero-order chi connectivity index (χ0) is 11.4. The molecule has 1 aromatic carbocycles. The first-order valence-corrected chi connectivity index (χ1v) is 5.48. The van der Waals surface area contributed by atoms with E-state index in [4.69, 9.17) is 0 Å². The Hall–Kier alpha value is -1.45. The van der Waals surface area contributed by atoms with Gasteiger partial charge in [0, 0.05) is 30.9 Å². The summed E-state index contributed by atoms with van der Waals surface area (Å²) in [6.45, 7) is 3.16. The molecule has 2 aromatic rings. The van der Waals surface area contributed by atoms with Crippen molar-refractivity contribution in [2.24, 2.45) is 0 Å². The summed E-state index contributed by atoms with van der Waals surface area (Å²) in [7, 11) is 0. The van der Waals surface area contributed by atoms with Gasteiger partial charge in [0.05, 0.1) is 6.10 Å². The van der Waals surface area contributed by atoms with Gasteiger partial charge in [-0.3, -0.25) is 4.98 Å². The predicted molar refractivity (Wildman–Crippen MR) is 65.1 cm³/mol. The third kappa shape index (κ3) is 2.56. The lowest BCUT2D eigenvalue weighted by atomic mass is 10.1. The average molecular weight is 216 g/mol. The number of pyridine rings is 1. The molecular formula is C13H16N2O.